The summed E-state index contributed by atoms with van der Waals surface area (Å²) in [5.41, 5.74) is 11.7. The van der Waals surface area contributed by atoms with Crippen molar-refractivity contribution >= 4 is 17.2 Å². The van der Waals surface area contributed by atoms with Gasteiger partial charge in [0.2, 0.25) is 0 Å². The molecule has 1 aromatic heterocycles. The number of nitrogen functional groups attached to an aromatic ring is 1. The van der Waals surface area contributed by atoms with E-state index >= 15 is 0 Å². The minimum Gasteiger partial charge on any atom is -0.384 e. The van der Waals surface area contributed by atoms with E-state index in [2.05, 4.69) is 0 Å². The molecule has 0 aliphatic rings. The van der Waals surface area contributed by atoms with E-state index in [1.54, 1.807) is 11.3 Å². The van der Waals surface area contributed by atoms with Gasteiger partial charge in [0.05, 0.1) is 0 Å². The van der Waals surface area contributed by atoms with Crippen LogP contribution in [0.2, 0.25) is 0 Å². The molecule has 0 unspecified atom stereocenters. The molecule has 1 aromatic rings. The molecule has 60 valence electrons. The van der Waals surface area contributed by atoms with Crippen LogP contribution in [0.15, 0.2) is 11.4 Å². The third-order valence-electron chi connectivity index (χ3n) is 1.38. The smallest absolute Gasteiger partial charge is 0.123 e. The lowest BCUT2D eigenvalue weighted by atomic mass is 10.2. The van der Waals surface area contributed by atoms with Crippen LogP contribution in [-0.4, -0.2) is 5.84 Å². The third-order valence-corrected chi connectivity index (χ3v) is 2.51. The van der Waals surface area contributed by atoms with Gasteiger partial charge in [0.15, 0.2) is 0 Å². The van der Waals surface area contributed by atoms with Crippen LogP contribution >= 0.6 is 11.3 Å². The molecule has 0 aliphatic carbocycles. The minimum absolute atomic E-state index is 0.0353. The van der Waals surface area contributed by atoms with Crippen molar-refractivity contribution in [2.24, 2.45) is 11.5 Å². The van der Waals surface area contributed by atoms with Crippen molar-refractivity contribution in [1.29, 1.82) is 5.41 Å². The molecular weight excluding hydrogens is 158 g/mol. The van der Waals surface area contributed by atoms with Crippen LogP contribution in [0.4, 0.5) is 0 Å². The standard InChI is InChI=1S/C7H11N3S/c1-4(8)6-2-5(3-11-6)7(9)10/h2-4H,8H2,1H3,(H3,9,10)/t4-/m1/s1. The van der Waals surface area contributed by atoms with E-state index in [4.69, 9.17) is 16.9 Å². The topological polar surface area (TPSA) is 75.9 Å². The lowest BCUT2D eigenvalue weighted by Crippen LogP contribution is -2.09. The molecule has 0 spiro atoms. The highest BCUT2D eigenvalue weighted by molar-refractivity contribution is 7.10. The van der Waals surface area contributed by atoms with Gasteiger partial charge >= 0.3 is 0 Å². The van der Waals surface area contributed by atoms with E-state index in [-0.39, 0.29) is 11.9 Å². The second-order valence-corrected chi connectivity index (χ2v) is 3.38. The van der Waals surface area contributed by atoms with E-state index in [9.17, 15) is 0 Å². The molecule has 0 radical (unpaired) electrons. The van der Waals surface area contributed by atoms with Gasteiger partial charge in [-0.05, 0) is 13.0 Å². The zero-order valence-electron chi connectivity index (χ0n) is 6.29. The molecule has 1 atom stereocenters. The summed E-state index contributed by atoms with van der Waals surface area (Å²) in [6.45, 7) is 1.91. The maximum Gasteiger partial charge on any atom is 0.123 e. The number of amidine groups is 1. The summed E-state index contributed by atoms with van der Waals surface area (Å²) in [4.78, 5) is 1.07. The molecule has 1 rings (SSSR count). The normalized spacial score (nSPS) is 12.9. The fourth-order valence-corrected chi connectivity index (χ4v) is 1.60. The second kappa shape index (κ2) is 3.02. The Balaban J connectivity index is 2.90. The first-order valence-corrected chi connectivity index (χ1v) is 4.17. The van der Waals surface area contributed by atoms with Crippen molar-refractivity contribution in [1.82, 2.24) is 0 Å². The maximum atomic E-state index is 7.13. The number of hydrogen-bond donors (Lipinski definition) is 3. The van der Waals surface area contributed by atoms with Crippen molar-refractivity contribution in [3.05, 3.63) is 21.9 Å². The molecule has 0 saturated heterocycles. The molecular formula is C7H11N3S. The molecule has 0 saturated carbocycles. The van der Waals surface area contributed by atoms with Gasteiger partial charge in [-0.25, -0.2) is 0 Å². The highest BCUT2D eigenvalue weighted by atomic mass is 32.1. The Labute approximate surface area is 69.5 Å². The lowest BCUT2D eigenvalue weighted by Gasteiger charge is -1.97. The molecule has 4 heteroatoms. The zero-order chi connectivity index (χ0) is 8.43. The van der Waals surface area contributed by atoms with Gasteiger partial charge in [-0.15, -0.1) is 11.3 Å². The number of nitrogens with two attached hydrogens (primary N) is 2. The highest BCUT2D eigenvalue weighted by Crippen LogP contribution is 2.19. The monoisotopic (exact) mass is 169 g/mol. The average molecular weight is 169 g/mol. The van der Waals surface area contributed by atoms with Gasteiger partial charge < -0.3 is 11.5 Å². The fourth-order valence-electron chi connectivity index (χ4n) is 0.733. The van der Waals surface area contributed by atoms with E-state index in [0.717, 1.165) is 10.4 Å². The van der Waals surface area contributed by atoms with E-state index in [0.29, 0.717) is 0 Å². The summed E-state index contributed by atoms with van der Waals surface area (Å²) in [5, 5.41) is 8.98. The Morgan fingerprint density at radius 2 is 2.36 bits per heavy atom. The summed E-state index contributed by atoms with van der Waals surface area (Å²) in [6, 6.07) is 1.89. The van der Waals surface area contributed by atoms with Crippen LogP contribution < -0.4 is 11.5 Å². The minimum atomic E-state index is 0.0353. The summed E-state index contributed by atoms with van der Waals surface area (Å²) in [5.74, 6) is 0.105. The van der Waals surface area contributed by atoms with Gasteiger partial charge in [-0.3, -0.25) is 5.41 Å². The predicted molar refractivity (Wildman–Crippen MR) is 47.9 cm³/mol. The first kappa shape index (κ1) is 8.23. The molecule has 5 N–H and O–H groups in total. The van der Waals surface area contributed by atoms with Crippen molar-refractivity contribution in [2.45, 2.75) is 13.0 Å². The third kappa shape index (κ3) is 1.78. The van der Waals surface area contributed by atoms with Crippen molar-refractivity contribution in [3.8, 4) is 0 Å². The lowest BCUT2D eigenvalue weighted by molar-refractivity contribution is 0.838. The number of thiophene rings is 1. The van der Waals surface area contributed by atoms with Gasteiger partial charge in [0, 0.05) is 21.9 Å². The molecule has 11 heavy (non-hydrogen) atoms. The summed E-state index contributed by atoms with van der Waals surface area (Å²) in [7, 11) is 0. The van der Waals surface area contributed by atoms with Gasteiger partial charge in [0.1, 0.15) is 5.84 Å². The summed E-state index contributed by atoms with van der Waals surface area (Å²) in [6.07, 6.45) is 0. The number of rotatable bonds is 2. The largest absolute Gasteiger partial charge is 0.384 e. The summed E-state index contributed by atoms with van der Waals surface area (Å²) >= 11 is 1.54. The quantitative estimate of drug-likeness (QED) is 0.457. The first-order chi connectivity index (χ1) is 5.11. The van der Waals surface area contributed by atoms with Crippen LogP contribution in [0.1, 0.15) is 23.4 Å². The highest BCUT2D eigenvalue weighted by Gasteiger charge is 2.04. The molecule has 0 aromatic carbocycles. The van der Waals surface area contributed by atoms with E-state index in [1.165, 1.54) is 0 Å². The molecule has 1 heterocycles. The second-order valence-electron chi connectivity index (χ2n) is 2.44. The number of nitrogens with one attached hydrogen (secondary N) is 1. The van der Waals surface area contributed by atoms with E-state index < -0.39 is 0 Å². The van der Waals surface area contributed by atoms with Crippen molar-refractivity contribution < 1.29 is 0 Å². The predicted octanol–water partition coefficient (Wildman–Crippen LogP) is 1.05. The van der Waals surface area contributed by atoms with Gasteiger partial charge in [-0.1, -0.05) is 0 Å². The molecule has 0 fully saturated rings. The first-order valence-electron chi connectivity index (χ1n) is 3.29. The Kier molecular flexibility index (Phi) is 2.26. The van der Waals surface area contributed by atoms with Crippen LogP contribution in [0.3, 0.4) is 0 Å². The summed E-state index contributed by atoms with van der Waals surface area (Å²) < 4.78 is 0. The number of hydrogen-bond acceptors (Lipinski definition) is 3. The molecule has 0 aliphatic heterocycles. The SMILES string of the molecule is C[C@@H](N)c1cc(C(=N)N)cs1. The van der Waals surface area contributed by atoms with Crippen LogP contribution in [0, 0.1) is 5.41 Å². The van der Waals surface area contributed by atoms with Crippen LogP contribution in [-0.2, 0) is 0 Å². The zero-order valence-corrected chi connectivity index (χ0v) is 7.11. The average Bonchev–Trinajstić information content (AvgIpc) is 2.33. The molecule has 0 amide bonds. The Morgan fingerprint density at radius 1 is 1.73 bits per heavy atom. The van der Waals surface area contributed by atoms with Crippen LogP contribution in [0.5, 0.6) is 0 Å². The van der Waals surface area contributed by atoms with Gasteiger partial charge in [-0.2, -0.15) is 0 Å². The molecule has 3 nitrogen and oxygen atoms in total. The molecule has 0 bridgehead atoms. The van der Waals surface area contributed by atoms with Crippen molar-refractivity contribution in [3.63, 3.8) is 0 Å². The Morgan fingerprint density at radius 3 is 2.64 bits per heavy atom. The Bertz CT molecular complexity index is 264. The van der Waals surface area contributed by atoms with E-state index in [1.807, 2.05) is 18.4 Å². The van der Waals surface area contributed by atoms with Crippen LogP contribution in [0.25, 0.3) is 0 Å². The van der Waals surface area contributed by atoms with Gasteiger partial charge in [0.25, 0.3) is 0 Å². The van der Waals surface area contributed by atoms with Crippen molar-refractivity contribution in [2.75, 3.05) is 0 Å². The Hall–Kier alpha value is -0.870. The maximum absolute atomic E-state index is 7.13. The fraction of sp³-hybridized carbons (Fsp3) is 0.286.